The second-order valence-corrected chi connectivity index (χ2v) is 8.49. The molecule has 2 aliphatic rings. The molecule has 9 nitrogen and oxygen atoms in total. The van der Waals surface area contributed by atoms with E-state index in [2.05, 4.69) is 6.92 Å². The van der Waals surface area contributed by atoms with Gasteiger partial charge in [0.1, 0.15) is 0 Å². The van der Waals surface area contributed by atoms with Crippen molar-refractivity contribution in [3.63, 3.8) is 0 Å². The quantitative estimate of drug-likeness (QED) is 0.217. The van der Waals surface area contributed by atoms with Crippen LogP contribution in [0.3, 0.4) is 0 Å². The molecular formula is C24H22N2O7. The second-order valence-electron chi connectivity index (χ2n) is 8.49. The molecule has 0 unspecified atom stereocenters. The number of carbonyl (C=O) groups is 4. The topological polar surface area (TPSA) is 124 Å². The minimum absolute atomic E-state index is 0.146. The minimum Gasteiger partial charge on any atom is -0.454 e. The van der Waals surface area contributed by atoms with Crippen molar-refractivity contribution in [2.75, 3.05) is 11.5 Å². The normalized spacial score (nSPS) is 22.1. The van der Waals surface area contributed by atoms with Crippen LogP contribution in [0.25, 0.3) is 0 Å². The molecule has 0 radical (unpaired) electrons. The van der Waals surface area contributed by atoms with E-state index in [1.807, 2.05) is 0 Å². The van der Waals surface area contributed by atoms with Crippen molar-refractivity contribution < 1.29 is 28.8 Å². The molecule has 2 fully saturated rings. The lowest BCUT2D eigenvalue weighted by atomic mass is 9.76. The maximum Gasteiger partial charge on any atom is 0.338 e. The highest BCUT2D eigenvalue weighted by atomic mass is 16.6. The molecule has 4 rings (SSSR count). The van der Waals surface area contributed by atoms with E-state index >= 15 is 0 Å². The number of amides is 2. The van der Waals surface area contributed by atoms with Gasteiger partial charge in [0.05, 0.1) is 28.0 Å². The first kappa shape index (κ1) is 22.3. The molecule has 2 aromatic rings. The van der Waals surface area contributed by atoms with Gasteiger partial charge in [-0.1, -0.05) is 6.92 Å². The average molecular weight is 450 g/mol. The Morgan fingerprint density at radius 2 is 1.58 bits per heavy atom. The average Bonchev–Trinajstić information content (AvgIpc) is 3.06. The summed E-state index contributed by atoms with van der Waals surface area (Å²) in [5.41, 5.74) is 0.615. The molecule has 0 N–H and O–H groups in total. The Bertz CT molecular complexity index is 1120. The van der Waals surface area contributed by atoms with Gasteiger partial charge in [0.2, 0.25) is 11.8 Å². The van der Waals surface area contributed by atoms with E-state index in [0.29, 0.717) is 24.4 Å². The van der Waals surface area contributed by atoms with Crippen LogP contribution in [0.5, 0.6) is 0 Å². The van der Waals surface area contributed by atoms with E-state index in [4.69, 9.17) is 4.74 Å². The summed E-state index contributed by atoms with van der Waals surface area (Å²) in [6.45, 7) is 1.56. The third-order valence-corrected chi connectivity index (χ3v) is 6.28. The maximum atomic E-state index is 12.8. The molecule has 1 aliphatic carbocycles. The third kappa shape index (κ3) is 4.39. The number of nitro benzene ring substituents is 1. The second kappa shape index (κ2) is 8.93. The van der Waals surface area contributed by atoms with Crippen LogP contribution in [0, 0.1) is 27.9 Å². The van der Waals surface area contributed by atoms with Crippen LogP contribution in [-0.4, -0.2) is 35.1 Å². The Balaban J connectivity index is 1.38. The summed E-state index contributed by atoms with van der Waals surface area (Å²) < 4.78 is 5.05. The molecule has 2 amide bonds. The summed E-state index contributed by atoms with van der Waals surface area (Å²) in [6.07, 6.45) is 2.34. The number of ether oxygens (including phenoxy) is 1. The Morgan fingerprint density at radius 1 is 0.970 bits per heavy atom. The van der Waals surface area contributed by atoms with Crippen LogP contribution in [0.2, 0.25) is 0 Å². The maximum absolute atomic E-state index is 12.8. The molecule has 9 heteroatoms. The number of imide groups is 1. The van der Waals surface area contributed by atoms with Gasteiger partial charge in [0.15, 0.2) is 12.4 Å². The lowest BCUT2D eigenvalue weighted by Crippen LogP contribution is -2.30. The molecule has 2 aromatic carbocycles. The standard InChI is InChI=1S/C24H22N2O7/c1-14-2-11-19-20(12-14)23(29)25(22(19)28)17-7-5-16(6-8-17)24(30)33-13-21(27)15-3-9-18(10-4-15)26(31)32/h3-10,14,19-20H,2,11-13H2,1H3/t14-,19-,20+/m1/s1. The molecular weight excluding hydrogens is 428 g/mol. The molecule has 0 aromatic heterocycles. The largest absolute Gasteiger partial charge is 0.454 e. The van der Waals surface area contributed by atoms with E-state index in [1.54, 1.807) is 0 Å². The summed E-state index contributed by atoms with van der Waals surface area (Å²) in [6, 6.07) is 10.9. The smallest absolute Gasteiger partial charge is 0.338 e. The van der Waals surface area contributed by atoms with Crippen LogP contribution >= 0.6 is 0 Å². The van der Waals surface area contributed by atoms with Crippen molar-refractivity contribution in [3.05, 3.63) is 69.8 Å². The fourth-order valence-corrected chi connectivity index (χ4v) is 4.46. The van der Waals surface area contributed by atoms with E-state index in [0.717, 1.165) is 6.42 Å². The fourth-order valence-electron chi connectivity index (χ4n) is 4.46. The number of fused-ring (bicyclic) bond motifs is 1. The van der Waals surface area contributed by atoms with Crippen LogP contribution in [0.15, 0.2) is 48.5 Å². The number of esters is 1. The molecule has 3 atom stereocenters. The number of hydrogen-bond acceptors (Lipinski definition) is 7. The first-order chi connectivity index (χ1) is 15.8. The summed E-state index contributed by atoms with van der Waals surface area (Å²) >= 11 is 0. The van der Waals surface area contributed by atoms with Gasteiger partial charge < -0.3 is 4.74 Å². The minimum atomic E-state index is -0.738. The number of carbonyl (C=O) groups excluding carboxylic acids is 4. The van der Waals surface area contributed by atoms with Gasteiger partial charge in [-0.15, -0.1) is 0 Å². The predicted octanol–water partition coefficient (Wildman–Crippen LogP) is 3.56. The lowest BCUT2D eigenvalue weighted by Gasteiger charge is -2.25. The highest BCUT2D eigenvalue weighted by Crippen LogP contribution is 2.42. The van der Waals surface area contributed by atoms with Crippen LogP contribution in [0.4, 0.5) is 11.4 Å². The van der Waals surface area contributed by atoms with Crippen molar-refractivity contribution in [1.29, 1.82) is 0 Å². The van der Waals surface area contributed by atoms with Gasteiger partial charge in [-0.2, -0.15) is 0 Å². The van der Waals surface area contributed by atoms with Gasteiger partial charge in [-0.25, -0.2) is 4.79 Å². The van der Waals surface area contributed by atoms with Crippen molar-refractivity contribution in [2.45, 2.75) is 26.2 Å². The van der Waals surface area contributed by atoms with E-state index in [-0.39, 0.29) is 40.5 Å². The summed E-state index contributed by atoms with van der Waals surface area (Å²) in [7, 11) is 0. The van der Waals surface area contributed by atoms with Crippen molar-refractivity contribution >= 4 is 34.9 Å². The number of nitro groups is 1. The number of ketones is 1. The number of benzene rings is 2. The zero-order valence-electron chi connectivity index (χ0n) is 17.9. The van der Waals surface area contributed by atoms with Gasteiger partial charge in [0, 0.05) is 17.7 Å². The molecule has 170 valence electrons. The third-order valence-electron chi connectivity index (χ3n) is 6.28. The van der Waals surface area contributed by atoms with Crippen LogP contribution in [0.1, 0.15) is 46.9 Å². The molecule has 1 saturated heterocycles. The fraction of sp³-hybridized carbons (Fsp3) is 0.333. The van der Waals surface area contributed by atoms with Crippen molar-refractivity contribution in [1.82, 2.24) is 0 Å². The van der Waals surface area contributed by atoms with Gasteiger partial charge >= 0.3 is 5.97 Å². The van der Waals surface area contributed by atoms with Gasteiger partial charge in [-0.05, 0) is 61.6 Å². The highest BCUT2D eigenvalue weighted by Gasteiger charge is 2.49. The molecule has 1 saturated carbocycles. The van der Waals surface area contributed by atoms with Crippen molar-refractivity contribution in [3.8, 4) is 0 Å². The number of hydrogen-bond donors (Lipinski definition) is 0. The zero-order valence-corrected chi connectivity index (χ0v) is 17.9. The summed E-state index contributed by atoms with van der Waals surface area (Å²) in [5.74, 6) is -1.77. The Morgan fingerprint density at radius 3 is 2.21 bits per heavy atom. The van der Waals surface area contributed by atoms with Crippen molar-refractivity contribution in [2.24, 2.45) is 17.8 Å². The molecule has 1 aliphatic heterocycles. The summed E-state index contributed by atoms with van der Waals surface area (Å²) in [5, 5.41) is 10.7. The monoisotopic (exact) mass is 450 g/mol. The number of rotatable bonds is 6. The molecule has 0 bridgehead atoms. The number of anilines is 1. The van der Waals surface area contributed by atoms with Gasteiger partial charge in [0.25, 0.3) is 5.69 Å². The number of nitrogens with zero attached hydrogens (tertiary/aromatic N) is 2. The Labute approximate surface area is 189 Å². The first-order valence-corrected chi connectivity index (χ1v) is 10.7. The van der Waals surface area contributed by atoms with Gasteiger partial charge in [-0.3, -0.25) is 29.4 Å². The molecule has 1 heterocycles. The lowest BCUT2D eigenvalue weighted by molar-refractivity contribution is -0.384. The van der Waals surface area contributed by atoms with E-state index in [1.165, 1.54) is 53.4 Å². The predicted molar refractivity (Wildman–Crippen MR) is 117 cm³/mol. The Hall–Kier alpha value is -3.88. The first-order valence-electron chi connectivity index (χ1n) is 10.7. The molecule has 33 heavy (non-hydrogen) atoms. The number of non-ortho nitro benzene ring substituents is 1. The summed E-state index contributed by atoms with van der Waals surface area (Å²) in [4.78, 5) is 61.4. The Kier molecular flexibility index (Phi) is 6.04. The van der Waals surface area contributed by atoms with E-state index < -0.39 is 23.3 Å². The van der Waals surface area contributed by atoms with Crippen LogP contribution < -0.4 is 4.90 Å². The SMILES string of the molecule is C[C@@H]1CC[C@H]2C(=O)N(c3ccc(C(=O)OCC(=O)c4ccc([N+](=O)[O-])cc4)cc3)C(=O)[C@H]2C1. The number of Topliss-reactive ketones (excluding diaryl/α,β-unsaturated/α-hetero) is 1. The van der Waals surface area contributed by atoms with E-state index in [9.17, 15) is 29.3 Å². The van der Waals surface area contributed by atoms with Crippen LogP contribution in [-0.2, 0) is 14.3 Å². The zero-order chi connectivity index (χ0) is 23.7. The highest BCUT2D eigenvalue weighted by molar-refractivity contribution is 6.22. The molecule has 0 spiro atoms.